The predicted molar refractivity (Wildman–Crippen MR) is 85.0 cm³/mol. The van der Waals surface area contributed by atoms with Gasteiger partial charge in [0.05, 0.1) is 7.11 Å². The summed E-state index contributed by atoms with van der Waals surface area (Å²) in [7, 11) is 1.51. The van der Waals surface area contributed by atoms with Gasteiger partial charge < -0.3 is 15.6 Å². The summed E-state index contributed by atoms with van der Waals surface area (Å²) >= 11 is 2.85. The van der Waals surface area contributed by atoms with Crippen molar-refractivity contribution in [2.24, 2.45) is 5.73 Å². The zero-order valence-electron chi connectivity index (χ0n) is 12.1. The second-order valence-corrected chi connectivity index (χ2v) is 7.00. The molecule has 3 rings (SSSR count). The van der Waals surface area contributed by atoms with Crippen LogP contribution in [0.1, 0.15) is 0 Å². The van der Waals surface area contributed by atoms with Gasteiger partial charge in [-0.05, 0) is 11.6 Å². The SMILES string of the molecule is COc1ccc(SCC2=C(C(=O)O)N3C(=O)C(N)[C@@H]3SC2)nn1. The molecule has 0 spiro atoms. The van der Waals surface area contributed by atoms with Gasteiger partial charge in [0.2, 0.25) is 11.8 Å². The van der Waals surface area contributed by atoms with Gasteiger partial charge in [-0.3, -0.25) is 9.69 Å². The van der Waals surface area contributed by atoms with E-state index in [0.29, 0.717) is 28.0 Å². The van der Waals surface area contributed by atoms with Crippen LogP contribution in [-0.4, -0.2) is 62.1 Å². The molecule has 1 aromatic rings. The third-order valence-electron chi connectivity index (χ3n) is 3.51. The summed E-state index contributed by atoms with van der Waals surface area (Å²) in [4.78, 5) is 24.7. The van der Waals surface area contributed by atoms with Crippen molar-refractivity contribution < 1.29 is 19.4 Å². The number of rotatable bonds is 5. The number of hydrogen-bond acceptors (Lipinski definition) is 8. The Morgan fingerprint density at radius 1 is 1.57 bits per heavy atom. The Kier molecular flexibility index (Phi) is 4.46. The van der Waals surface area contributed by atoms with Crippen LogP contribution in [0.4, 0.5) is 0 Å². The van der Waals surface area contributed by atoms with E-state index in [2.05, 4.69) is 10.2 Å². The molecule has 1 amide bonds. The van der Waals surface area contributed by atoms with Crippen LogP contribution in [0.2, 0.25) is 0 Å². The van der Waals surface area contributed by atoms with Gasteiger partial charge in [0.15, 0.2) is 0 Å². The number of methoxy groups -OCH3 is 1. The number of carboxylic acid groups (broad SMARTS) is 1. The second-order valence-electron chi connectivity index (χ2n) is 4.90. The molecule has 2 aliphatic heterocycles. The van der Waals surface area contributed by atoms with Crippen molar-refractivity contribution >= 4 is 35.4 Å². The fraction of sp³-hybridized carbons (Fsp3) is 0.385. The highest BCUT2D eigenvalue weighted by Crippen LogP contribution is 2.40. The van der Waals surface area contributed by atoms with Gasteiger partial charge in [0, 0.05) is 17.6 Å². The molecular formula is C13H14N4O4S2. The van der Waals surface area contributed by atoms with Crippen LogP contribution in [0.15, 0.2) is 28.4 Å². The van der Waals surface area contributed by atoms with Crippen molar-refractivity contribution in [1.82, 2.24) is 15.1 Å². The number of ether oxygens (including phenoxy) is 1. The molecule has 2 atom stereocenters. The number of hydrogen-bond donors (Lipinski definition) is 2. The molecule has 0 radical (unpaired) electrons. The smallest absolute Gasteiger partial charge is 0.352 e. The first-order chi connectivity index (χ1) is 11.0. The molecule has 122 valence electrons. The Balaban J connectivity index is 1.76. The van der Waals surface area contributed by atoms with E-state index in [1.165, 1.54) is 35.5 Å². The maximum Gasteiger partial charge on any atom is 0.352 e. The average Bonchev–Trinajstić information content (AvgIpc) is 2.58. The van der Waals surface area contributed by atoms with Crippen LogP contribution >= 0.6 is 23.5 Å². The Morgan fingerprint density at radius 3 is 2.96 bits per heavy atom. The van der Waals surface area contributed by atoms with Crippen molar-refractivity contribution in [2.45, 2.75) is 16.4 Å². The minimum absolute atomic E-state index is 0.0504. The highest BCUT2D eigenvalue weighted by molar-refractivity contribution is 8.01. The number of carbonyl (C=O) groups is 2. The molecule has 8 nitrogen and oxygen atoms in total. The van der Waals surface area contributed by atoms with Crippen LogP contribution in [0, 0.1) is 0 Å². The minimum Gasteiger partial charge on any atom is -0.480 e. The van der Waals surface area contributed by atoms with Crippen molar-refractivity contribution in [3.05, 3.63) is 23.4 Å². The molecule has 0 bridgehead atoms. The summed E-state index contributed by atoms with van der Waals surface area (Å²) in [6, 6.07) is 2.82. The molecule has 10 heteroatoms. The molecule has 3 heterocycles. The molecule has 0 saturated carbocycles. The number of β-lactam (4-membered cyclic amide) rings is 1. The largest absolute Gasteiger partial charge is 0.480 e. The normalized spacial score (nSPS) is 23.4. The molecule has 2 aliphatic rings. The third-order valence-corrected chi connectivity index (χ3v) is 5.88. The standard InChI is InChI=1S/C13H14N4O4S2/c1-21-7-2-3-8(16-15-7)22-4-6-5-23-12-9(14)11(18)17(12)10(6)13(19)20/h2-3,9,12H,4-5,14H2,1H3,(H,19,20)/t9?,12-/m0/s1. The van der Waals surface area contributed by atoms with Gasteiger partial charge in [-0.15, -0.1) is 33.7 Å². The summed E-state index contributed by atoms with van der Waals surface area (Å²) in [5.41, 5.74) is 6.45. The van der Waals surface area contributed by atoms with E-state index < -0.39 is 12.0 Å². The number of nitrogens with two attached hydrogens (primary N) is 1. The summed E-state index contributed by atoms with van der Waals surface area (Å²) in [5, 5.41) is 17.7. The molecule has 3 N–H and O–H groups in total. The van der Waals surface area contributed by atoms with E-state index >= 15 is 0 Å². The van der Waals surface area contributed by atoms with Crippen molar-refractivity contribution in [3.63, 3.8) is 0 Å². The van der Waals surface area contributed by atoms with E-state index in [0.717, 1.165) is 0 Å². The first-order valence-electron chi connectivity index (χ1n) is 6.69. The van der Waals surface area contributed by atoms with Crippen molar-refractivity contribution in [2.75, 3.05) is 18.6 Å². The molecule has 1 aromatic heterocycles. The van der Waals surface area contributed by atoms with E-state index in [1.54, 1.807) is 12.1 Å². The van der Waals surface area contributed by atoms with E-state index in [4.69, 9.17) is 10.5 Å². The molecule has 0 aromatic carbocycles. The van der Waals surface area contributed by atoms with Crippen molar-refractivity contribution in [1.29, 1.82) is 0 Å². The van der Waals surface area contributed by atoms with Crippen LogP contribution in [0.5, 0.6) is 5.88 Å². The number of carboxylic acids is 1. The minimum atomic E-state index is -1.10. The molecule has 1 fully saturated rings. The fourth-order valence-electron chi connectivity index (χ4n) is 2.35. The quantitative estimate of drug-likeness (QED) is 0.563. The van der Waals surface area contributed by atoms with Gasteiger partial charge >= 0.3 is 5.97 Å². The third kappa shape index (κ3) is 2.89. The lowest BCUT2D eigenvalue weighted by Gasteiger charge is -2.48. The summed E-state index contributed by atoms with van der Waals surface area (Å²) < 4.78 is 4.94. The Bertz CT molecular complexity index is 679. The second kappa shape index (κ2) is 6.38. The monoisotopic (exact) mass is 354 g/mol. The van der Waals surface area contributed by atoms with Crippen LogP contribution < -0.4 is 10.5 Å². The van der Waals surface area contributed by atoms with Gasteiger partial charge in [-0.2, -0.15) is 0 Å². The highest BCUT2D eigenvalue weighted by atomic mass is 32.2. The van der Waals surface area contributed by atoms with Crippen LogP contribution in [0.25, 0.3) is 0 Å². The summed E-state index contributed by atoms with van der Waals surface area (Å²) in [5.74, 6) is -0.0869. The first kappa shape index (κ1) is 16.1. The van der Waals surface area contributed by atoms with Crippen molar-refractivity contribution in [3.8, 4) is 5.88 Å². The number of fused-ring (bicyclic) bond motifs is 1. The van der Waals surface area contributed by atoms with E-state index in [9.17, 15) is 14.7 Å². The topological polar surface area (TPSA) is 119 Å². The Morgan fingerprint density at radius 2 is 2.35 bits per heavy atom. The maximum atomic E-state index is 11.8. The van der Waals surface area contributed by atoms with Gasteiger partial charge in [-0.25, -0.2) is 4.79 Å². The van der Waals surface area contributed by atoms with E-state index in [1.807, 2.05) is 0 Å². The highest BCUT2D eigenvalue weighted by Gasteiger charge is 2.51. The lowest BCUT2D eigenvalue weighted by Crippen LogP contribution is -2.68. The van der Waals surface area contributed by atoms with Crippen LogP contribution in [0.3, 0.4) is 0 Å². The number of aromatic nitrogens is 2. The maximum absolute atomic E-state index is 11.8. The van der Waals surface area contributed by atoms with Crippen LogP contribution in [-0.2, 0) is 9.59 Å². The van der Waals surface area contributed by atoms with Gasteiger partial charge in [0.25, 0.3) is 0 Å². The van der Waals surface area contributed by atoms with Gasteiger partial charge in [-0.1, -0.05) is 0 Å². The zero-order valence-corrected chi connectivity index (χ0v) is 13.8. The molecular weight excluding hydrogens is 340 g/mol. The zero-order chi connectivity index (χ0) is 16.6. The summed E-state index contributed by atoms with van der Waals surface area (Å²) in [6.07, 6.45) is 0. The molecule has 23 heavy (non-hydrogen) atoms. The number of aliphatic carboxylic acids is 1. The Labute approximate surface area is 140 Å². The lowest BCUT2D eigenvalue weighted by molar-refractivity contribution is -0.147. The number of nitrogens with zero attached hydrogens (tertiary/aromatic N) is 3. The number of carbonyl (C=O) groups excluding carboxylic acids is 1. The number of amides is 1. The van der Waals surface area contributed by atoms with E-state index in [-0.39, 0.29) is 17.0 Å². The summed E-state index contributed by atoms with van der Waals surface area (Å²) in [6.45, 7) is 0. The molecule has 1 unspecified atom stereocenters. The first-order valence-corrected chi connectivity index (χ1v) is 8.72. The van der Waals surface area contributed by atoms with Gasteiger partial charge in [0.1, 0.15) is 22.1 Å². The average molecular weight is 354 g/mol. The fourth-order valence-corrected chi connectivity index (χ4v) is 4.59. The lowest BCUT2D eigenvalue weighted by atomic mass is 10.0. The predicted octanol–water partition coefficient (Wildman–Crippen LogP) is 0.158. The molecule has 0 aliphatic carbocycles. The Hall–Kier alpha value is -1.78. The molecule has 1 saturated heterocycles. The number of thioether (sulfide) groups is 2.